The Morgan fingerprint density at radius 3 is 2.33 bits per heavy atom. The first-order valence-corrected chi connectivity index (χ1v) is 10.4. The lowest BCUT2D eigenvalue weighted by Gasteiger charge is -2.51. The maximum atomic E-state index is 11.7. The summed E-state index contributed by atoms with van der Waals surface area (Å²) in [6.45, 7) is 6.79. The number of nitrogens with one attached hydrogen (secondary N) is 1. The fourth-order valence-corrected chi connectivity index (χ4v) is 6.04. The highest BCUT2D eigenvalue weighted by atomic mass is 32.2. The van der Waals surface area contributed by atoms with Crippen LogP contribution in [0.25, 0.3) is 0 Å². The van der Waals surface area contributed by atoms with E-state index in [-0.39, 0.29) is 0 Å². The molecule has 0 radical (unpaired) electrons. The lowest BCUT2D eigenvalue weighted by Crippen LogP contribution is -2.67. The predicted molar refractivity (Wildman–Crippen MR) is 86.2 cm³/mol. The van der Waals surface area contributed by atoms with Crippen LogP contribution in [0.1, 0.15) is 52.4 Å². The van der Waals surface area contributed by atoms with Gasteiger partial charge in [-0.1, -0.05) is 26.7 Å². The van der Waals surface area contributed by atoms with Crippen LogP contribution in [0, 0.1) is 5.92 Å². The second kappa shape index (κ2) is 5.82. The van der Waals surface area contributed by atoms with Crippen LogP contribution in [-0.2, 0) is 9.84 Å². The molecule has 2 heterocycles. The van der Waals surface area contributed by atoms with Crippen LogP contribution in [0.15, 0.2) is 0 Å². The monoisotopic (exact) mass is 314 g/mol. The third kappa shape index (κ3) is 3.30. The Kier molecular flexibility index (Phi) is 4.37. The molecule has 4 nitrogen and oxygen atoms in total. The fourth-order valence-electron chi connectivity index (χ4n) is 4.58. The lowest BCUT2D eigenvalue weighted by molar-refractivity contribution is 0.0184. The van der Waals surface area contributed by atoms with Crippen LogP contribution in [0.4, 0.5) is 0 Å². The molecule has 2 saturated heterocycles. The molecule has 0 aromatic carbocycles. The molecule has 1 unspecified atom stereocenters. The van der Waals surface area contributed by atoms with Gasteiger partial charge in [-0.3, -0.25) is 4.90 Å². The highest BCUT2D eigenvalue weighted by molar-refractivity contribution is 7.91. The summed E-state index contributed by atoms with van der Waals surface area (Å²) in [5, 5.41) is 3.85. The van der Waals surface area contributed by atoms with Gasteiger partial charge < -0.3 is 5.32 Å². The van der Waals surface area contributed by atoms with Gasteiger partial charge in [0.2, 0.25) is 0 Å². The van der Waals surface area contributed by atoms with Crippen molar-refractivity contribution in [3.05, 3.63) is 0 Å². The Bertz CT molecular complexity index is 455. The van der Waals surface area contributed by atoms with Gasteiger partial charge in [-0.2, -0.15) is 0 Å². The van der Waals surface area contributed by atoms with E-state index in [1.54, 1.807) is 0 Å². The lowest BCUT2D eigenvalue weighted by atomic mass is 9.87. The van der Waals surface area contributed by atoms with Crippen LogP contribution in [0.3, 0.4) is 0 Å². The summed E-state index contributed by atoms with van der Waals surface area (Å²) in [5.41, 5.74) is 0.321. The van der Waals surface area contributed by atoms with Gasteiger partial charge in [-0.05, 0) is 31.6 Å². The Balaban J connectivity index is 1.74. The molecular formula is C16H30N2O2S. The highest BCUT2D eigenvalue weighted by Crippen LogP contribution is 2.36. The molecule has 1 saturated carbocycles. The van der Waals surface area contributed by atoms with Crippen molar-refractivity contribution in [3.63, 3.8) is 0 Å². The summed E-state index contributed by atoms with van der Waals surface area (Å²) in [6.07, 6.45) is 6.93. The Morgan fingerprint density at radius 1 is 1.14 bits per heavy atom. The maximum absolute atomic E-state index is 11.7. The third-order valence-corrected chi connectivity index (χ3v) is 7.64. The molecule has 1 N–H and O–H groups in total. The summed E-state index contributed by atoms with van der Waals surface area (Å²) < 4.78 is 23.4. The van der Waals surface area contributed by atoms with E-state index in [0.29, 0.717) is 35.0 Å². The summed E-state index contributed by atoms with van der Waals surface area (Å²) >= 11 is 0. The highest BCUT2D eigenvalue weighted by Gasteiger charge is 2.44. The second-order valence-corrected chi connectivity index (χ2v) is 10.0. The molecule has 1 atom stereocenters. The van der Waals surface area contributed by atoms with E-state index in [1.807, 2.05) is 0 Å². The Labute approximate surface area is 129 Å². The van der Waals surface area contributed by atoms with Gasteiger partial charge in [0, 0.05) is 30.7 Å². The van der Waals surface area contributed by atoms with Gasteiger partial charge >= 0.3 is 0 Å². The van der Waals surface area contributed by atoms with Crippen molar-refractivity contribution in [3.8, 4) is 0 Å². The minimum atomic E-state index is -2.76. The molecule has 3 fully saturated rings. The summed E-state index contributed by atoms with van der Waals surface area (Å²) in [7, 11) is -2.76. The molecule has 3 aliphatic rings. The number of piperazine rings is 1. The second-order valence-electron chi connectivity index (χ2n) is 7.74. The molecule has 21 heavy (non-hydrogen) atoms. The summed E-state index contributed by atoms with van der Waals surface area (Å²) in [4.78, 5) is 2.68. The van der Waals surface area contributed by atoms with E-state index >= 15 is 0 Å². The minimum Gasteiger partial charge on any atom is -0.308 e. The first-order chi connectivity index (χ1) is 9.91. The quantitative estimate of drug-likeness (QED) is 0.844. The largest absolute Gasteiger partial charge is 0.308 e. The van der Waals surface area contributed by atoms with Gasteiger partial charge in [-0.15, -0.1) is 0 Å². The standard InChI is InChI=1S/C16H30N2O2S/c1-13(2)15-11-17-16(7-3-4-8-16)12-18(15)14-5-9-21(19,20)10-6-14/h13-15,17H,3-12H2,1-2H3. The van der Waals surface area contributed by atoms with Crippen LogP contribution >= 0.6 is 0 Å². The molecule has 0 aromatic heterocycles. The van der Waals surface area contributed by atoms with Gasteiger partial charge in [-0.25, -0.2) is 8.42 Å². The Morgan fingerprint density at radius 2 is 1.76 bits per heavy atom. The molecule has 0 bridgehead atoms. The molecule has 1 spiro atoms. The zero-order valence-corrected chi connectivity index (χ0v) is 14.3. The summed E-state index contributed by atoms with van der Waals surface area (Å²) in [5.74, 6) is 1.40. The molecule has 0 amide bonds. The van der Waals surface area contributed by atoms with Gasteiger partial charge in [0.15, 0.2) is 0 Å². The first-order valence-electron chi connectivity index (χ1n) is 8.62. The van der Waals surface area contributed by atoms with E-state index < -0.39 is 9.84 Å². The normalized spacial score (nSPS) is 33.8. The van der Waals surface area contributed by atoms with Crippen molar-refractivity contribution < 1.29 is 8.42 Å². The maximum Gasteiger partial charge on any atom is 0.150 e. The van der Waals surface area contributed by atoms with Gasteiger partial charge in [0.25, 0.3) is 0 Å². The predicted octanol–water partition coefficient (Wildman–Crippen LogP) is 1.81. The van der Waals surface area contributed by atoms with Crippen molar-refractivity contribution in [1.29, 1.82) is 0 Å². The van der Waals surface area contributed by atoms with E-state index in [1.165, 1.54) is 25.7 Å². The van der Waals surface area contributed by atoms with Crippen molar-refractivity contribution in [2.24, 2.45) is 5.92 Å². The van der Waals surface area contributed by atoms with Gasteiger partial charge in [0.1, 0.15) is 9.84 Å². The van der Waals surface area contributed by atoms with Gasteiger partial charge in [0.05, 0.1) is 11.5 Å². The number of rotatable bonds is 2. The average molecular weight is 314 g/mol. The van der Waals surface area contributed by atoms with E-state index in [2.05, 4.69) is 24.1 Å². The molecule has 2 aliphatic heterocycles. The van der Waals surface area contributed by atoms with E-state index in [4.69, 9.17) is 0 Å². The fraction of sp³-hybridized carbons (Fsp3) is 1.00. The number of hydrogen-bond donors (Lipinski definition) is 1. The molecule has 1 aliphatic carbocycles. The molecule has 5 heteroatoms. The summed E-state index contributed by atoms with van der Waals surface area (Å²) in [6, 6.07) is 1.03. The van der Waals surface area contributed by atoms with E-state index in [9.17, 15) is 8.42 Å². The number of hydrogen-bond acceptors (Lipinski definition) is 4. The number of nitrogens with zero attached hydrogens (tertiary/aromatic N) is 1. The van der Waals surface area contributed by atoms with Crippen molar-refractivity contribution in [2.45, 2.75) is 70.0 Å². The van der Waals surface area contributed by atoms with Crippen LogP contribution in [0.2, 0.25) is 0 Å². The topological polar surface area (TPSA) is 49.4 Å². The molecular weight excluding hydrogens is 284 g/mol. The zero-order valence-electron chi connectivity index (χ0n) is 13.5. The van der Waals surface area contributed by atoms with E-state index in [0.717, 1.165) is 25.9 Å². The van der Waals surface area contributed by atoms with Crippen molar-refractivity contribution in [1.82, 2.24) is 10.2 Å². The third-order valence-electron chi connectivity index (χ3n) is 5.92. The van der Waals surface area contributed by atoms with Crippen molar-refractivity contribution in [2.75, 3.05) is 24.6 Å². The van der Waals surface area contributed by atoms with Crippen LogP contribution in [-0.4, -0.2) is 55.5 Å². The van der Waals surface area contributed by atoms with Crippen LogP contribution < -0.4 is 5.32 Å². The van der Waals surface area contributed by atoms with Crippen LogP contribution in [0.5, 0.6) is 0 Å². The van der Waals surface area contributed by atoms with Crippen molar-refractivity contribution >= 4 is 9.84 Å². The Hall–Kier alpha value is -0.130. The molecule has 3 rings (SSSR count). The molecule has 0 aromatic rings. The number of sulfone groups is 1. The SMILES string of the molecule is CC(C)C1CNC2(CCCC2)CN1C1CCS(=O)(=O)CC1. The average Bonchev–Trinajstić information content (AvgIpc) is 2.86. The first kappa shape index (κ1) is 15.8. The smallest absolute Gasteiger partial charge is 0.150 e. The minimum absolute atomic E-state index is 0.321. The zero-order chi connectivity index (χ0) is 15.1. The molecule has 122 valence electrons.